The molecular formula is C31H40N4O4. The van der Waals surface area contributed by atoms with E-state index >= 15 is 0 Å². The SMILES string of the molecule is COC(=O)NC(C(=O)NCC(O)CCC(Cc1ccc(N)cc1)c1ccc(-c2ccccn2)cc1)C(C)(C)C. The van der Waals surface area contributed by atoms with Crippen molar-refractivity contribution in [2.45, 2.75) is 58.1 Å². The van der Waals surface area contributed by atoms with Gasteiger partial charge in [0.2, 0.25) is 5.91 Å². The number of anilines is 1. The van der Waals surface area contributed by atoms with Crippen LogP contribution in [0.5, 0.6) is 0 Å². The van der Waals surface area contributed by atoms with E-state index in [9.17, 15) is 14.7 Å². The van der Waals surface area contributed by atoms with Crippen LogP contribution in [0.25, 0.3) is 11.3 Å². The molecule has 39 heavy (non-hydrogen) atoms. The van der Waals surface area contributed by atoms with E-state index in [1.54, 1.807) is 6.20 Å². The van der Waals surface area contributed by atoms with E-state index in [4.69, 9.17) is 5.73 Å². The second-order valence-electron chi connectivity index (χ2n) is 10.9. The maximum Gasteiger partial charge on any atom is 0.407 e. The van der Waals surface area contributed by atoms with Gasteiger partial charge in [0.15, 0.2) is 0 Å². The number of nitrogens with zero attached hydrogens (tertiary/aromatic N) is 1. The first-order valence-electron chi connectivity index (χ1n) is 13.2. The van der Waals surface area contributed by atoms with Gasteiger partial charge in [0.05, 0.1) is 18.9 Å². The number of rotatable bonds is 11. The van der Waals surface area contributed by atoms with Gasteiger partial charge in [-0.05, 0) is 66.0 Å². The molecule has 208 valence electrons. The van der Waals surface area contributed by atoms with Gasteiger partial charge in [-0.1, -0.05) is 63.2 Å². The number of pyridine rings is 1. The Kier molecular flexibility index (Phi) is 10.5. The molecule has 0 aliphatic carbocycles. The van der Waals surface area contributed by atoms with E-state index in [0.29, 0.717) is 12.8 Å². The number of hydrogen-bond donors (Lipinski definition) is 4. The summed E-state index contributed by atoms with van der Waals surface area (Å²) in [6.45, 7) is 5.64. The number of methoxy groups -OCH3 is 1. The van der Waals surface area contributed by atoms with E-state index in [2.05, 4.69) is 44.6 Å². The van der Waals surface area contributed by atoms with Crippen LogP contribution in [0.1, 0.15) is 50.7 Å². The minimum Gasteiger partial charge on any atom is -0.453 e. The number of nitrogen functional groups attached to an aromatic ring is 1. The van der Waals surface area contributed by atoms with Gasteiger partial charge in [0.1, 0.15) is 6.04 Å². The number of nitrogens with two attached hydrogens (primary N) is 1. The normalized spacial score (nSPS) is 13.7. The number of aliphatic hydroxyl groups is 1. The predicted octanol–water partition coefficient (Wildman–Crippen LogP) is 4.69. The Labute approximate surface area is 231 Å². The van der Waals surface area contributed by atoms with Gasteiger partial charge in [0.25, 0.3) is 0 Å². The molecule has 3 aromatic rings. The van der Waals surface area contributed by atoms with Crippen LogP contribution in [0.3, 0.4) is 0 Å². The minimum atomic E-state index is -0.798. The molecule has 5 N–H and O–H groups in total. The highest BCUT2D eigenvalue weighted by Crippen LogP contribution is 2.29. The lowest BCUT2D eigenvalue weighted by Crippen LogP contribution is -2.54. The Morgan fingerprint density at radius 3 is 2.28 bits per heavy atom. The third-order valence-electron chi connectivity index (χ3n) is 6.74. The molecule has 1 heterocycles. The molecule has 3 atom stereocenters. The number of amides is 2. The molecule has 0 fully saturated rings. The molecule has 0 spiro atoms. The van der Waals surface area contributed by atoms with Crippen LogP contribution in [0, 0.1) is 5.41 Å². The van der Waals surface area contributed by atoms with E-state index in [1.165, 1.54) is 7.11 Å². The van der Waals surface area contributed by atoms with E-state index in [1.807, 2.05) is 63.2 Å². The number of aromatic nitrogens is 1. The lowest BCUT2D eigenvalue weighted by atomic mass is 9.86. The van der Waals surface area contributed by atoms with Crippen molar-refractivity contribution < 1.29 is 19.4 Å². The van der Waals surface area contributed by atoms with Gasteiger partial charge in [-0.25, -0.2) is 4.79 Å². The number of benzene rings is 2. The number of aliphatic hydroxyl groups excluding tert-OH is 1. The second-order valence-corrected chi connectivity index (χ2v) is 10.9. The Balaban J connectivity index is 1.66. The molecule has 3 rings (SSSR count). The summed E-state index contributed by atoms with van der Waals surface area (Å²) >= 11 is 0. The average Bonchev–Trinajstić information content (AvgIpc) is 2.93. The van der Waals surface area contributed by atoms with Gasteiger partial charge < -0.3 is 26.2 Å². The minimum absolute atomic E-state index is 0.0848. The van der Waals surface area contributed by atoms with Gasteiger partial charge >= 0.3 is 6.09 Å². The average molecular weight is 533 g/mol. The summed E-state index contributed by atoms with van der Waals surface area (Å²) in [7, 11) is 1.25. The molecule has 0 aliphatic rings. The van der Waals surface area contributed by atoms with E-state index in [0.717, 1.165) is 34.5 Å². The molecule has 2 aromatic carbocycles. The smallest absolute Gasteiger partial charge is 0.407 e. The first kappa shape index (κ1) is 29.6. The monoisotopic (exact) mass is 532 g/mol. The fourth-order valence-electron chi connectivity index (χ4n) is 4.45. The molecule has 8 heteroatoms. The van der Waals surface area contributed by atoms with Gasteiger partial charge in [-0.2, -0.15) is 0 Å². The van der Waals surface area contributed by atoms with Crippen molar-refractivity contribution in [3.63, 3.8) is 0 Å². The Morgan fingerprint density at radius 2 is 1.69 bits per heavy atom. The highest BCUT2D eigenvalue weighted by atomic mass is 16.5. The maximum absolute atomic E-state index is 12.8. The van der Waals surface area contributed by atoms with Crippen LogP contribution in [0.4, 0.5) is 10.5 Å². The first-order valence-corrected chi connectivity index (χ1v) is 13.2. The number of carbonyl (C=O) groups excluding carboxylic acids is 2. The van der Waals surface area contributed by atoms with Crippen LogP contribution >= 0.6 is 0 Å². The standard InChI is InChI=1S/C31H40N4O4/c1-31(2,3)28(35-30(38)39-4)29(37)34-20-26(36)17-14-24(19-21-8-15-25(32)16-9-21)22-10-12-23(13-11-22)27-7-5-6-18-33-27/h5-13,15-16,18,24,26,28,36H,14,17,19-20,32H2,1-4H3,(H,34,37)(H,35,38). The zero-order valence-electron chi connectivity index (χ0n) is 23.2. The summed E-state index contributed by atoms with van der Waals surface area (Å²) < 4.78 is 4.66. The van der Waals surface area contributed by atoms with Gasteiger partial charge in [-0.15, -0.1) is 0 Å². The molecule has 0 saturated heterocycles. The molecule has 1 aromatic heterocycles. The van der Waals surface area contributed by atoms with E-state index < -0.39 is 23.7 Å². The third kappa shape index (κ3) is 9.11. The highest BCUT2D eigenvalue weighted by molar-refractivity contribution is 5.86. The van der Waals surface area contributed by atoms with E-state index in [-0.39, 0.29) is 18.4 Å². The van der Waals surface area contributed by atoms with Crippen molar-refractivity contribution >= 4 is 17.7 Å². The molecule has 2 amide bonds. The van der Waals surface area contributed by atoms with Crippen molar-refractivity contribution in [3.8, 4) is 11.3 Å². The number of nitrogens with one attached hydrogen (secondary N) is 2. The summed E-state index contributed by atoms with van der Waals surface area (Å²) in [6, 6.07) is 21.3. The van der Waals surface area contributed by atoms with Crippen LogP contribution in [0.2, 0.25) is 0 Å². The number of alkyl carbamates (subject to hydrolysis) is 1. The van der Waals surface area contributed by atoms with Crippen LogP contribution in [0.15, 0.2) is 72.9 Å². The quantitative estimate of drug-likeness (QED) is 0.266. The van der Waals surface area contributed by atoms with Crippen molar-refractivity contribution in [1.29, 1.82) is 0 Å². The fraction of sp³-hybridized carbons (Fsp3) is 0.387. The second kappa shape index (κ2) is 13.8. The third-order valence-corrected chi connectivity index (χ3v) is 6.74. The molecule has 0 bridgehead atoms. The van der Waals surface area contributed by atoms with Crippen molar-refractivity contribution in [2.75, 3.05) is 19.4 Å². The summed E-state index contributed by atoms with van der Waals surface area (Å²) in [5.74, 6) is -0.212. The molecule has 3 unspecified atom stereocenters. The Bertz CT molecular complexity index is 1190. The maximum atomic E-state index is 12.8. The summed E-state index contributed by atoms with van der Waals surface area (Å²) in [5, 5.41) is 16.1. The Morgan fingerprint density at radius 1 is 1.00 bits per heavy atom. The van der Waals surface area contributed by atoms with Crippen molar-refractivity contribution in [1.82, 2.24) is 15.6 Å². The molecule has 0 aliphatic heterocycles. The molecule has 0 radical (unpaired) electrons. The summed E-state index contributed by atoms with van der Waals surface area (Å²) in [5.41, 5.74) is 10.3. The van der Waals surface area contributed by atoms with Crippen LogP contribution in [-0.2, 0) is 16.0 Å². The number of ether oxygens (including phenoxy) is 1. The lowest BCUT2D eigenvalue weighted by molar-refractivity contribution is -0.125. The van der Waals surface area contributed by atoms with Gasteiger partial charge in [-0.3, -0.25) is 9.78 Å². The molecule has 8 nitrogen and oxygen atoms in total. The van der Waals surface area contributed by atoms with Crippen LogP contribution in [-0.4, -0.2) is 47.9 Å². The number of carbonyl (C=O) groups is 2. The highest BCUT2D eigenvalue weighted by Gasteiger charge is 2.33. The Hall–Kier alpha value is -3.91. The lowest BCUT2D eigenvalue weighted by Gasteiger charge is -2.30. The summed E-state index contributed by atoms with van der Waals surface area (Å²) in [4.78, 5) is 29.0. The topological polar surface area (TPSA) is 127 Å². The zero-order chi connectivity index (χ0) is 28.4. The first-order chi connectivity index (χ1) is 18.6. The van der Waals surface area contributed by atoms with Gasteiger partial charge in [0, 0.05) is 24.0 Å². The number of hydrogen-bond acceptors (Lipinski definition) is 6. The summed E-state index contributed by atoms with van der Waals surface area (Å²) in [6.07, 6.45) is 2.36. The predicted molar refractivity (Wildman–Crippen MR) is 154 cm³/mol. The molecular weight excluding hydrogens is 492 g/mol. The van der Waals surface area contributed by atoms with Crippen LogP contribution < -0.4 is 16.4 Å². The zero-order valence-corrected chi connectivity index (χ0v) is 23.2. The van der Waals surface area contributed by atoms with Crippen molar-refractivity contribution in [2.24, 2.45) is 5.41 Å². The fourth-order valence-corrected chi connectivity index (χ4v) is 4.45. The largest absolute Gasteiger partial charge is 0.453 e. The van der Waals surface area contributed by atoms with Crippen molar-refractivity contribution in [3.05, 3.63) is 84.1 Å². The molecule has 0 saturated carbocycles.